The van der Waals surface area contributed by atoms with Crippen molar-refractivity contribution >= 4 is 43.2 Å². The van der Waals surface area contributed by atoms with Gasteiger partial charge in [0.1, 0.15) is 0 Å². The average Bonchev–Trinajstić information content (AvgIpc) is 2.50. The summed E-state index contributed by atoms with van der Waals surface area (Å²) in [5.41, 5.74) is 0. The first-order chi connectivity index (χ1) is 8.16. The fraction of sp³-hybridized carbons (Fsp3) is 0.667. The molecule has 0 radical (unpaired) electrons. The lowest BCUT2D eigenvalue weighted by Gasteiger charge is -2.21. The van der Waals surface area contributed by atoms with Crippen LogP contribution in [0.4, 0.5) is 0 Å². The van der Waals surface area contributed by atoms with E-state index in [1.54, 1.807) is 11.3 Å². The molecule has 0 aromatic carbocycles. The number of thiophene rings is 1. The zero-order valence-corrected chi connectivity index (χ0v) is 13.6. The van der Waals surface area contributed by atoms with E-state index in [4.69, 9.17) is 0 Å². The zero-order chi connectivity index (χ0) is 12.3. The highest BCUT2D eigenvalue weighted by molar-refractivity contribution is 9.13. The second kappa shape index (κ2) is 6.66. The van der Waals surface area contributed by atoms with Crippen LogP contribution in [-0.4, -0.2) is 17.3 Å². The van der Waals surface area contributed by atoms with Gasteiger partial charge in [-0.2, -0.15) is 0 Å². The summed E-state index contributed by atoms with van der Waals surface area (Å²) >= 11 is 8.73. The van der Waals surface area contributed by atoms with E-state index in [9.17, 15) is 5.11 Å². The van der Waals surface area contributed by atoms with Gasteiger partial charge < -0.3 is 10.4 Å². The number of hydrogen-bond donors (Lipinski definition) is 2. The second-order valence-electron chi connectivity index (χ2n) is 4.53. The van der Waals surface area contributed by atoms with Gasteiger partial charge in [-0.05, 0) is 50.8 Å². The highest BCUT2D eigenvalue weighted by Crippen LogP contribution is 2.32. The van der Waals surface area contributed by atoms with Gasteiger partial charge in [0, 0.05) is 21.9 Å². The molecule has 96 valence electrons. The summed E-state index contributed by atoms with van der Waals surface area (Å²) in [5.74, 6) is 0. The van der Waals surface area contributed by atoms with Gasteiger partial charge in [-0.1, -0.05) is 19.3 Å². The van der Waals surface area contributed by atoms with Crippen LogP contribution in [0.25, 0.3) is 0 Å². The van der Waals surface area contributed by atoms with Gasteiger partial charge in [-0.15, -0.1) is 11.3 Å². The zero-order valence-electron chi connectivity index (χ0n) is 9.59. The minimum atomic E-state index is -0.177. The quantitative estimate of drug-likeness (QED) is 0.772. The maximum atomic E-state index is 10.0. The van der Waals surface area contributed by atoms with Crippen molar-refractivity contribution in [2.24, 2.45) is 0 Å². The highest BCUT2D eigenvalue weighted by atomic mass is 79.9. The van der Waals surface area contributed by atoms with Crippen LogP contribution in [-0.2, 0) is 6.54 Å². The predicted octanol–water partition coefficient (Wildman–Crippen LogP) is 4.06. The van der Waals surface area contributed by atoms with E-state index in [0.717, 1.165) is 34.1 Å². The molecular weight excluding hydrogens is 366 g/mol. The molecule has 2 N–H and O–H groups in total. The van der Waals surface area contributed by atoms with Gasteiger partial charge >= 0.3 is 0 Å². The van der Waals surface area contributed by atoms with Crippen LogP contribution in [0.3, 0.4) is 0 Å². The van der Waals surface area contributed by atoms with Crippen LogP contribution in [0.15, 0.2) is 14.3 Å². The van der Waals surface area contributed by atoms with Crippen molar-refractivity contribution in [2.75, 3.05) is 0 Å². The summed E-state index contributed by atoms with van der Waals surface area (Å²) in [5, 5.41) is 13.5. The lowest BCUT2D eigenvalue weighted by atomic mass is 10.1. The molecule has 0 amide bonds. The van der Waals surface area contributed by atoms with E-state index in [-0.39, 0.29) is 12.1 Å². The van der Waals surface area contributed by atoms with Crippen molar-refractivity contribution in [1.82, 2.24) is 5.32 Å². The molecule has 2 atom stereocenters. The van der Waals surface area contributed by atoms with Gasteiger partial charge in [-0.25, -0.2) is 0 Å². The average molecular weight is 383 g/mol. The van der Waals surface area contributed by atoms with Gasteiger partial charge in [0.15, 0.2) is 0 Å². The van der Waals surface area contributed by atoms with Crippen LogP contribution in [0.5, 0.6) is 0 Å². The molecule has 1 saturated carbocycles. The fourth-order valence-electron chi connectivity index (χ4n) is 2.24. The molecule has 1 aromatic heterocycles. The number of halogens is 2. The third-order valence-electron chi connectivity index (χ3n) is 3.21. The van der Waals surface area contributed by atoms with Crippen LogP contribution >= 0.6 is 43.2 Å². The Morgan fingerprint density at radius 1 is 1.29 bits per heavy atom. The molecule has 0 saturated heterocycles. The van der Waals surface area contributed by atoms with Crippen molar-refractivity contribution in [3.8, 4) is 0 Å². The van der Waals surface area contributed by atoms with Crippen LogP contribution in [0.1, 0.15) is 37.0 Å². The minimum absolute atomic E-state index is 0.177. The van der Waals surface area contributed by atoms with Crippen LogP contribution < -0.4 is 5.32 Å². The number of aliphatic hydroxyl groups is 1. The topological polar surface area (TPSA) is 32.3 Å². The number of aliphatic hydroxyl groups excluding tert-OH is 1. The van der Waals surface area contributed by atoms with Crippen molar-refractivity contribution in [1.29, 1.82) is 0 Å². The van der Waals surface area contributed by atoms with Gasteiger partial charge in [0.05, 0.1) is 9.89 Å². The fourth-order valence-corrected chi connectivity index (χ4v) is 4.36. The Kier molecular flexibility index (Phi) is 5.49. The smallest absolute Gasteiger partial charge is 0.0843 e. The number of rotatable bonds is 3. The molecule has 1 heterocycles. The third kappa shape index (κ3) is 4.03. The van der Waals surface area contributed by atoms with Gasteiger partial charge in [-0.3, -0.25) is 0 Å². The van der Waals surface area contributed by atoms with Crippen LogP contribution in [0.2, 0.25) is 0 Å². The molecule has 1 aliphatic carbocycles. The van der Waals surface area contributed by atoms with Gasteiger partial charge in [0.25, 0.3) is 0 Å². The van der Waals surface area contributed by atoms with Crippen molar-refractivity contribution in [3.05, 3.63) is 19.2 Å². The van der Waals surface area contributed by atoms with E-state index in [0.29, 0.717) is 0 Å². The maximum Gasteiger partial charge on any atom is 0.0843 e. The molecule has 0 spiro atoms. The first-order valence-electron chi connectivity index (χ1n) is 6.02. The second-order valence-corrected chi connectivity index (χ2v) is 7.84. The molecule has 0 bridgehead atoms. The first-order valence-corrected chi connectivity index (χ1v) is 8.42. The molecule has 2 rings (SSSR count). The molecule has 17 heavy (non-hydrogen) atoms. The maximum absolute atomic E-state index is 10.0. The molecule has 5 heteroatoms. The first kappa shape index (κ1) is 14.0. The van der Waals surface area contributed by atoms with E-state index in [1.165, 1.54) is 17.7 Å². The minimum Gasteiger partial charge on any atom is -0.392 e. The third-order valence-corrected chi connectivity index (χ3v) is 6.47. The lowest BCUT2D eigenvalue weighted by molar-refractivity contribution is 0.119. The van der Waals surface area contributed by atoms with E-state index in [2.05, 4.69) is 43.2 Å². The Hall–Kier alpha value is 0.580. The Labute approximate surface area is 123 Å². The molecule has 0 aliphatic heterocycles. The van der Waals surface area contributed by atoms with Crippen molar-refractivity contribution in [2.45, 2.75) is 50.8 Å². The Morgan fingerprint density at radius 3 is 2.76 bits per heavy atom. The summed E-state index contributed by atoms with van der Waals surface area (Å²) in [6.45, 7) is 0.844. The SMILES string of the molecule is OC1CCCCCC1NCc1cc(Br)c(Br)s1. The number of hydrogen-bond acceptors (Lipinski definition) is 3. The molecule has 1 aromatic rings. The molecule has 2 unspecified atom stereocenters. The highest BCUT2D eigenvalue weighted by Gasteiger charge is 2.21. The van der Waals surface area contributed by atoms with Gasteiger partial charge in [0.2, 0.25) is 0 Å². The molecule has 1 aliphatic rings. The van der Waals surface area contributed by atoms with Crippen molar-refractivity contribution < 1.29 is 5.11 Å². The summed E-state index contributed by atoms with van der Waals surface area (Å²) in [6.07, 6.45) is 5.50. The normalized spacial score (nSPS) is 25.8. The molecule has 1 fully saturated rings. The summed E-state index contributed by atoms with van der Waals surface area (Å²) in [7, 11) is 0. The van der Waals surface area contributed by atoms with E-state index in [1.807, 2.05) is 0 Å². The lowest BCUT2D eigenvalue weighted by Crippen LogP contribution is -2.38. The Balaban J connectivity index is 1.88. The predicted molar refractivity (Wildman–Crippen MR) is 79.4 cm³/mol. The summed E-state index contributed by atoms with van der Waals surface area (Å²) in [4.78, 5) is 1.29. The Morgan fingerprint density at radius 2 is 2.06 bits per heavy atom. The number of nitrogens with one attached hydrogen (secondary N) is 1. The van der Waals surface area contributed by atoms with Crippen molar-refractivity contribution in [3.63, 3.8) is 0 Å². The Bertz CT molecular complexity index is 350. The summed E-state index contributed by atoms with van der Waals surface area (Å²) in [6, 6.07) is 2.39. The monoisotopic (exact) mass is 381 g/mol. The van der Waals surface area contributed by atoms with Crippen LogP contribution in [0, 0.1) is 0 Å². The standard InChI is InChI=1S/C12H17Br2NOS/c13-9-6-8(17-12(9)14)7-15-10-4-2-1-3-5-11(10)16/h6,10-11,15-16H,1-5,7H2. The van der Waals surface area contributed by atoms with E-state index >= 15 is 0 Å². The largest absolute Gasteiger partial charge is 0.392 e. The molecular formula is C12H17Br2NOS. The van der Waals surface area contributed by atoms with E-state index < -0.39 is 0 Å². The molecule has 2 nitrogen and oxygen atoms in total. The summed E-state index contributed by atoms with van der Waals surface area (Å²) < 4.78 is 2.25.